The first-order valence-electron chi connectivity index (χ1n) is 7.58. The molecule has 0 N–H and O–H groups in total. The lowest BCUT2D eigenvalue weighted by atomic mass is 10.1. The average Bonchev–Trinajstić information content (AvgIpc) is 2.54. The molecule has 2 rings (SSSR count). The molecule has 4 nitrogen and oxygen atoms in total. The first-order valence-corrected chi connectivity index (χ1v) is 9.12. The van der Waals surface area contributed by atoms with Crippen molar-refractivity contribution in [3.8, 4) is 0 Å². The van der Waals surface area contributed by atoms with Gasteiger partial charge in [0.1, 0.15) is 6.10 Å². The van der Waals surface area contributed by atoms with Crippen LogP contribution < -0.4 is 0 Å². The quantitative estimate of drug-likeness (QED) is 0.753. The molecule has 2 aromatic rings. The van der Waals surface area contributed by atoms with Crippen LogP contribution in [0.1, 0.15) is 18.1 Å². The molecule has 2 aromatic carbocycles. The summed E-state index contributed by atoms with van der Waals surface area (Å²) in [5, 5.41) is 1.11. The van der Waals surface area contributed by atoms with Crippen molar-refractivity contribution >= 4 is 15.8 Å². The third-order valence-corrected chi connectivity index (χ3v) is 4.86. The van der Waals surface area contributed by atoms with E-state index in [1.54, 1.807) is 24.3 Å². The van der Waals surface area contributed by atoms with E-state index in [1.165, 1.54) is 13.0 Å². The molecule has 24 heavy (non-hydrogen) atoms. The summed E-state index contributed by atoms with van der Waals surface area (Å²) < 4.78 is 29.9. The Morgan fingerprint density at radius 3 is 2.29 bits per heavy atom. The standard InChI is InChI=1S/C19H20O4S/c1-15-8-10-19(11-9-15)24(21,22)13-12-18(23-16(2)20)14-17-6-4-3-5-7-17/h3-13,18H,14H2,1-2H3/b13-12+/t18-/m1/s1. The summed E-state index contributed by atoms with van der Waals surface area (Å²) in [5.41, 5.74) is 1.95. The SMILES string of the molecule is CC(=O)O[C@H](/C=C/S(=O)(=O)c1ccc(C)cc1)Cc1ccccc1. The van der Waals surface area contributed by atoms with Gasteiger partial charge in [0.25, 0.3) is 0 Å². The lowest BCUT2D eigenvalue weighted by molar-refractivity contribution is -0.144. The zero-order valence-electron chi connectivity index (χ0n) is 13.7. The summed E-state index contributed by atoms with van der Waals surface area (Å²) in [4.78, 5) is 11.5. The molecule has 0 aliphatic heterocycles. The maximum absolute atomic E-state index is 12.4. The fourth-order valence-corrected chi connectivity index (χ4v) is 3.26. The Hall–Kier alpha value is -2.40. The summed E-state index contributed by atoms with van der Waals surface area (Å²) in [5.74, 6) is -0.451. The highest BCUT2D eigenvalue weighted by Gasteiger charge is 2.14. The molecule has 0 saturated heterocycles. The van der Waals surface area contributed by atoms with E-state index in [1.807, 2.05) is 37.3 Å². The maximum Gasteiger partial charge on any atom is 0.303 e. The second kappa shape index (κ2) is 7.93. The van der Waals surface area contributed by atoms with Gasteiger partial charge in [-0.15, -0.1) is 0 Å². The Balaban J connectivity index is 2.19. The molecule has 0 spiro atoms. The van der Waals surface area contributed by atoms with Gasteiger partial charge in [-0.3, -0.25) is 4.79 Å². The lowest BCUT2D eigenvalue weighted by Gasteiger charge is -2.13. The number of rotatable bonds is 6. The molecule has 0 heterocycles. The first-order chi connectivity index (χ1) is 11.4. The number of sulfone groups is 1. The number of aryl methyl sites for hydroxylation is 1. The highest BCUT2D eigenvalue weighted by molar-refractivity contribution is 7.94. The van der Waals surface area contributed by atoms with E-state index in [-0.39, 0.29) is 4.90 Å². The predicted octanol–water partition coefficient (Wildman–Crippen LogP) is 3.46. The van der Waals surface area contributed by atoms with E-state index in [0.29, 0.717) is 6.42 Å². The van der Waals surface area contributed by atoms with E-state index in [2.05, 4.69) is 0 Å². The largest absolute Gasteiger partial charge is 0.458 e. The monoisotopic (exact) mass is 344 g/mol. The zero-order chi connectivity index (χ0) is 17.6. The smallest absolute Gasteiger partial charge is 0.303 e. The van der Waals surface area contributed by atoms with Crippen LogP contribution in [0.2, 0.25) is 0 Å². The number of carbonyl (C=O) groups excluding carboxylic acids is 1. The molecule has 0 radical (unpaired) electrons. The number of esters is 1. The van der Waals surface area contributed by atoms with Crippen molar-refractivity contribution in [2.75, 3.05) is 0 Å². The van der Waals surface area contributed by atoms with Crippen LogP contribution in [0, 0.1) is 6.92 Å². The van der Waals surface area contributed by atoms with Crippen LogP contribution >= 0.6 is 0 Å². The van der Waals surface area contributed by atoms with Crippen molar-refractivity contribution in [3.63, 3.8) is 0 Å². The van der Waals surface area contributed by atoms with Crippen LogP contribution in [0.5, 0.6) is 0 Å². The molecular formula is C19H20O4S. The van der Waals surface area contributed by atoms with Crippen molar-refractivity contribution in [2.45, 2.75) is 31.3 Å². The van der Waals surface area contributed by atoms with Crippen LogP contribution in [-0.2, 0) is 25.8 Å². The molecule has 0 bridgehead atoms. The van der Waals surface area contributed by atoms with Gasteiger partial charge in [0, 0.05) is 18.8 Å². The van der Waals surface area contributed by atoms with Gasteiger partial charge >= 0.3 is 5.97 Å². The second-order valence-electron chi connectivity index (χ2n) is 5.52. The van der Waals surface area contributed by atoms with Gasteiger partial charge in [-0.05, 0) is 30.7 Å². The number of benzene rings is 2. The molecule has 0 fully saturated rings. The first kappa shape index (κ1) is 17.9. The minimum atomic E-state index is -3.57. The molecular weight excluding hydrogens is 324 g/mol. The topological polar surface area (TPSA) is 60.4 Å². The van der Waals surface area contributed by atoms with Gasteiger partial charge in [0.15, 0.2) is 9.84 Å². The molecule has 126 valence electrons. The molecule has 0 aliphatic carbocycles. The predicted molar refractivity (Wildman–Crippen MR) is 93.2 cm³/mol. The number of ether oxygens (including phenoxy) is 1. The van der Waals surface area contributed by atoms with Gasteiger partial charge in [-0.25, -0.2) is 8.42 Å². The van der Waals surface area contributed by atoms with E-state index in [0.717, 1.165) is 16.5 Å². The van der Waals surface area contributed by atoms with E-state index >= 15 is 0 Å². The average molecular weight is 344 g/mol. The Kier molecular flexibility index (Phi) is 5.93. The van der Waals surface area contributed by atoms with Crippen molar-refractivity contribution in [2.24, 2.45) is 0 Å². The zero-order valence-corrected chi connectivity index (χ0v) is 14.5. The Morgan fingerprint density at radius 2 is 1.71 bits per heavy atom. The Bertz CT molecular complexity index is 806. The fraction of sp³-hybridized carbons (Fsp3) is 0.211. The van der Waals surface area contributed by atoms with Gasteiger partial charge in [-0.2, -0.15) is 0 Å². The maximum atomic E-state index is 12.4. The Morgan fingerprint density at radius 1 is 1.08 bits per heavy atom. The highest BCUT2D eigenvalue weighted by atomic mass is 32.2. The molecule has 1 atom stereocenters. The second-order valence-corrected chi connectivity index (χ2v) is 7.36. The minimum Gasteiger partial charge on any atom is -0.458 e. The molecule has 0 unspecified atom stereocenters. The van der Waals surface area contributed by atoms with Crippen LogP contribution in [0.15, 0.2) is 71.0 Å². The summed E-state index contributed by atoms with van der Waals surface area (Å²) >= 11 is 0. The minimum absolute atomic E-state index is 0.214. The Labute approximate surface area is 142 Å². The van der Waals surface area contributed by atoms with Crippen molar-refractivity contribution in [3.05, 3.63) is 77.2 Å². The molecule has 0 aliphatic rings. The van der Waals surface area contributed by atoms with Gasteiger partial charge in [0.2, 0.25) is 0 Å². The van der Waals surface area contributed by atoms with E-state index in [9.17, 15) is 13.2 Å². The summed E-state index contributed by atoms with van der Waals surface area (Å²) in [7, 11) is -3.57. The summed E-state index contributed by atoms with van der Waals surface area (Å²) in [6.45, 7) is 3.20. The lowest BCUT2D eigenvalue weighted by Crippen LogP contribution is -2.17. The summed E-state index contributed by atoms with van der Waals surface area (Å²) in [6.07, 6.45) is 1.20. The van der Waals surface area contributed by atoms with Gasteiger partial charge in [-0.1, -0.05) is 48.0 Å². The number of hydrogen-bond acceptors (Lipinski definition) is 4. The normalized spacial score (nSPS) is 12.9. The number of carbonyl (C=O) groups is 1. The van der Waals surface area contributed by atoms with Crippen molar-refractivity contribution in [1.29, 1.82) is 0 Å². The number of hydrogen-bond donors (Lipinski definition) is 0. The molecule has 0 aromatic heterocycles. The van der Waals surface area contributed by atoms with Crippen LogP contribution in [0.25, 0.3) is 0 Å². The van der Waals surface area contributed by atoms with Crippen molar-refractivity contribution in [1.82, 2.24) is 0 Å². The van der Waals surface area contributed by atoms with E-state index in [4.69, 9.17) is 4.74 Å². The van der Waals surface area contributed by atoms with Crippen LogP contribution in [0.3, 0.4) is 0 Å². The summed E-state index contributed by atoms with van der Waals surface area (Å²) in [6, 6.07) is 16.1. The third-order valence-electron chi connectivity index (χ3n) is 3.42. The van der Waals surface area contributed by atoms with Crippen LogP contribution in [0.4, 0.5) is 0 Å². The highest BCUT2D eigenvalue weighted by Crippen LogP contribution is 2.15. The van der Waals surface area contributed by atoms with E-state index < -0.39 is 21.9 Å². The molecule has 5 heteroatoms. The molecule has 0 saturated carbocycles. The molecule has 0 amide bonds. The fourth-order valence-electron chi connectivity index (χ4n) is 2.21. The third kappa shape index (κ3) is 5.35. The van der Waals surface area contributed by atoms with Crippen molar-refractivity contribution < 1.29 is 17.9 Å². The van der Waals surface area contributed by atoms with Gasteiger partial charge < -0.3 is 4.74 Å². The van der Waals surface area contributed by atoms with Crippen LogP contribution in [-0.4, -0.2) is 20.5 Å². The van der Waals surface area contributed by atoms with Gasteiger partial charge in [0.05, 0.1) is 4.90 Å².